The van der Waals surface area contributed by atoms with Gasteiger partial charge < -0.3 is 5.11 Å². The Kier molecular flexibility index (Phi) is 2.32. The van der Waals surface area contributed by atoms with Gasteiger partial charge in [-0.2, -0.15) is 5.10 Å². The third-order valence-electron chi connectivity index (χ3n) is 2.09. The molecule has 0 aliphatic heterocycles. The van der Waals surface area contributed by atoms with E-state index in [1.807, 2.05) is 0 Å². The second kappa shape index (κ2) is 3.51. The van der Waals surface area contributed by atoms with Gasteiger partial charge in [0.05, 0.1) is 17.8 Å². The molecule has 0 saturated carbocycles. The van der Waals surface area contributed by atoms with Gasteiger partial charge in [0.15, 0.2) is 5.65 Å². The Morgan fingerprint density at radius 2 is 2.33 bits per heavy atom. The van der Waals surface area contributed by atoms with Crippen LogP contribution in [0, 0.1) is 6.92 Å². The molecule has 78 valence electrons. The molecule has 2 aromatic rings. The predicted octanol–water partition coefficient (Wildman–Crippen LogP) is 1.32. The number of hydrogen-bond acceptors (Lipinski definition) is 3. The molecule has 1 N–H and O–H groups in total. The number of carbonyl (C=O) groups is 1. The van der Waals surface area contributed by atoms with E-state index >= 15 is 0 Å². The first-order valence-corrected chi connectivity index (χ1v) is 4.68. The largest absolute Gasteiger partial charge is 0.481 e. The summed E-state index contributed by atoms with van der Waals surface area (Å²) in [6.45, 7) is 1.77. The maximum atomic E-state index is 10.6. The van der Waals surface area contributed by atoms with Crippen LogP contribution in [0.15, 0.2) is 12.1 Å². The molecule has 0 fully saturated rings. The number of aliphatic carboxylic acids is 1. The van der Waals surface area contributed by atoms with Crippen LogP contribution in [-0.2, 0) is 11.2 Å². The van der Waals surface area contributed by atoms with Gasteiger partial charge in [0.25, 0.3) is 0 Å². The molecule has 0 atom stereocenters. The van der Waals surface area contributed by atoms with E-state index in [9.17, 15) is 4.79 Å². The highest BCUT2D eigenvalue weighted by molar-refractivity contribution is 6.29. The Morgan fingerprint density at radius 3 is 3.00 bits per heavy atom. The maximum Gasteiger partial charge on any atom is 0.309 e. The topological polar surface area (TPSA) is 67.5 Å². The molecule has 0 aliphatic rings. The van der Waals surface area contributed by atoms with E-state index in [4.69, 9.17) is 16.7 Å². The highest BCUT2D eigenvalue weighted by Gasteiger charge is 2.12. The number of aryl methyl sites for hydroxylation is 1. The number of fused-ring (bicyclic) bond motifs is 1. The zero-order valence-electron chi connectivity index (χ0n) is 7.94. The smallest absolute Gasteiger partial charge is 0.309 e. The Morgan fingerprint density at radius 1 is 1.60 bits per heavy atom. The fourth-order valence-corrected chi connectivity index (χ4v) is 1.52. The first kappa shape index (κ1) is 9.92. The molecule has 0 spiro atoms. The number of rotatable bonds is 2. The SMILES string of the molecule is Cc1c(CC(=O)O)nc2ccc(Cl)nn12. The van der Waals surface area contributed by atoms with Crippen molar-refractivity contribution >= 4 is 23.2 Å². The van der Waals surface area contributed by atoms with Crippen LogP contribution in [0.25, 0.3) is 5.65 Å². The molecule has 0 unspecified atom stereocenters. The van der Waals surface area contributed by atoms with Gasteiger partial charge >= 0.3 is 5.97 Å². The minimum Gasteiger partial charge on any atom is -0.481 e. The molecule has 5 nitrogen and oxygen atoms in total. The second-order valence-corrected chi connectivity index (χ2v) is 3.53. The number of carboxylic acids is 1. The summed E-state index contributed by atoms with van der Waals surface area (Å²) in [5.74, 6) is -0.910. The number of nitrogens with zero attached hydrogens (tertiary/aromatic N) is 3. The molecule has 2 rings (SSSR count). The molecular weight excluding hydrogens is 218 g/mol. The van der Waals surface area contributed by atoms with Crippen molar-refractivity contribution in [3.05, 3.63) is 28.7 Å². The summed E-state index contributed by atoms with van der Waals surface area (Å²) in [4.78, 5) is 14.7. The van der Waals surface area contributed by atoms with Crippen LogP contribution in [0.2, 0.25) is 5.15 Å². The van der Waals surface area contributed by atoms with Gasteiger partial charge in [-0.15, -0.1) is 0 Å². The Labute approximate surface area is 90.3 Å². The van der Waals surface area contributed by atoms with Crippen molar-refractivity contribution in [2.24, 2.45) is 0 Å². The van der Waals surface area contributed by atoms with Crippen molar-refractivity contribution in [2.75, 3.05) is 0 Å². The van der Waals surface area contributed by atoms with Gasteiger partial charge in [-0.05, 0) is 19.1 Å². The Hall–Kier alpha value is -1.62. The fourth-order valence-electron chi connectivity index (χ4n) is 1.38. The monoisotopic (exact) mass is 225 g/mol. The minimum atomic E-state index is -0.910. The maximum absolute atomic E-state index is 10.6. The third-order valence-corrected chi connectivity index (χ3v) is 2.29. The van der Waals surface area contributed by atoms with Crippen molar-refractivity contribution in [2.45, 2.75) is 13.3 Å². The zero-order valence-corrected chi connectivity index (χ0v) is 8.69. The average molecular weight is 226 g/mol. The molecule has 0 saturated heterocycles. The normalized spacial score (nSPS) is 10.8. The van der Waals surface area contributed by atoms with E-state index < -0.39 is 5.97 Å². The average Bonchev–Trinajstić information content (AvgIpc) is 2.44. The lowest BCUT2D eigenvalue weighted by Crippen LogP contribution is -2.02. The summed E-state index contributed by atoms with van der Waals surface area (Å²) in [7, 11) is 0. The number of aromatic nitrogens is 3. The molecule has 6 heteroatoms. The van der Waals surface area contributed by atoms with Crippen molar-refractivity contribution in [3.8, 4) is 0 Å². The van der Waals surface area contributed by atoms with E-state index in [-0.39, 0.29) is 6.42 Å². The van der Waals surface area contributed by atoms with Crippen LogP contribution in [0.1, 0.15) is 11.4 Å². The van der Waals surface area contributed by atoms with E-state index in [1.54, 1.807) is 23.6 Å². The van der Waals surface area contributed by atoms with Gasteiger partial charge in [-0.25, -0.2) is 9.50 Å². The summed E-state index contributed by atoms with van der Waals surface area (Å²) >= 11 is 5.73. The first-order valence-electron chi connectivity index (χ1n) is 4.30. The number of carboxylic acid groups (broad SMARTS) is 1. The van der Waals surface area contributed by atoms with Gasteiger partial charge in [0.2, 0.25) is 0 Å². The molecule has 2 heterocycles. The lowest BCUT2D eigenvalue weighted by Gasteiger charge is -1.95. The lowest BCUT2D eigenvalue weighted by atomic mass is 10.3. The van der Waals surface area contributed by atoms with E-state index in [2.05, 4.69) is 10.1 Å². The number of hydrogen-bond donors (Lipinski definition) is 1. The van der Waals surface area contributed by atoms with Crippen molar-refractivity contribution in [3.63, 3.8) is 0 Å². The van der Waals surface area contributed by atoms with Crippen LogP contribution in [0.3, 0.4) is 0 Å². The fraction of sp³-hybridized carbons (Fsp3) is 0.222. The minimum absolute atomic E-state index is 0.104. The third kappa shape index (κ3) is 1.78. The summed E-state index contributed by atoms with van der Waals surface area (Å²) in [6, 6.07) is 3.32. The van der Waals surface area contributed by atoms with Crippen LogP contribution in [0.4, 0.5) is 0 Å². The standard InChI is InChI=1S/C9H8ClN3O2/c1-5-6(4-9(14)15)11-8-3-2-7(10)12-13(5)8/h2-3H,4H2,1H3,(H,14,15). The first-order chi connectivity index (χ1) is 7.08. The molecular formula is C9H8ClN3O2. The molecule has 15 heavy (non-hydrogen) atoms. The molecule has 0 amide bonds. The van der Waals surface area contributed by atoms with Crippen molar-refractivity contribution in [1.82, 2.24) is 14.6 Å². The van der Waals surface area contributed by atoms with Gasteiger partial charge in [0, 0.05) is 0 Å². The highest BCUT2D eigenvalue weighted by atomic mass is 35.5. The summed E-state index contributed by atoms with van der Waals surface area (Å²) in [5, 5.41) is 13.1. The van der Waals surface area contributed by atoms with Crippen molar-refractivity contribution < 1.29 is 9.90 Å². The van der Waals surface area contributed by atoms with Crippen LogP contribution in [0.5, 0.6) is 0 Å². The molecule has 0 aliphatic carbocycles. The number of imidazole rings is 1. The van der Waals surface area contributed by atoms with Crippen LogP contribution in [-0.4, -0.2) is 25.7 Å². The molecule has 0 bridgehead atoms. The Balaban J connectivity index is 2.59. The van der Waals surface area contributed by atoms with Crippen LogP contribution < -0.4 is 0 Å². The Bertz CT molecular complexity index is 535. The zero-order chi connectivity index (χ0) is 11.0. The predicted molar refractivity (Wildman–Crippen MR) is 54.1 cm³/mol. The summed E-state index contributed by atoms with van der Waals surface area (Å²) in [5.41, 5.74) is 1.82. The highest BCUT2D eigenvalue weighted by Crippen LogP contribution is 2.13. The summed E-state index contributed by atoms with van der Waals surface area (Å²) < 4.78 is 1.54. The van der Waals surface area contributed by atoms with E-state index in [1.165, 1.54) is 0 Å². The van der Waals surface area contributed by atoms with E-state index in [0.717, 1.165) is 0 Å². The number of halogens is 1. The van der Waals surface area contributed by atoms with Crippen molar-refractivity contribution in [1.29, 1.82) is 0 Å². The molecule has 0 aromatic carbocycles. The summed E-state index contributed by atoms with van der Waals surface area (Å²) in [6.07, 6.45) is -0.104. The molecule has 2 aromatic heterocycles. The second-order valence-electron chi connectivity index (χ2n) is 3.14. The lowest BCUT2D eigenvalue weighted by molar-refractivity contribution is -0.136. The van der Waals surface area contributed by atoms with E-state index in [0.29, 0.717) is 22.2 Å². The quantitative estimate of drug-likeness (QED) is 0.837. The van der Waals surface area contributed by atoms with Crippen LogP contribution >= 0.6 is 11.6 Å². The van der Waals surface area contributed by atoms with Gasteiger partial charge in [-0.3, -0.25) is 4.79 Å². The van der Waals surface area contributed by atoms with Gasteiger partial charge in [-0.1, -0.05) is 11.6 Å². The molecule has 0 radical (unpaired) electrons. The van der Waals surface area contributed by atoms with Gasteiger partial charge in [0.1, 0.15) is 5.15 Å².